The number of nitrogens with zero attached hydrogens (tertiary/aromatic N) is 1. The molecule has 0 aromatic heterocycles. The van der Waals surface area contributed by atoms with E-state index >= 15 is 0 Å². The van der Waals surface area contributed by atoms with Crippen LogP contribution in [0.3, 0.4) is 0 Å². The summed E-state index contributed by atoms with van der Waals surface area (Å²) in [5.41, 5.74) is 2.67. The Labute approximate surface area is 151 Å². The van der Waals surface area contributed by atoms with Crippen LogP contribution >= 0.6 is 23.4 Å². The van der Waals surface area contributed by atoms with Crippen molar-refractivity contribution in [3.05, 3.63) is 58.6 Å². The molecular formula is C19H18ClNO2S. The van der Waals surface area contributed by atoms with Crippen LogP contribution in [-0.4, -0.2) is 23.5 Å². The first-order chi connectivity index (χ1) is 11.5. The van der Waals surface area contributed by atoms with Gasteiger partial charge < -0.3 is 4.90 Å². The van der Waals surface area contributed by atoms with E-state index in [2.05, 4.69) is 0 Å². The van der Waals surface area contributed by atoms with E-state index in [0.717, 1.165) is 22.6 Å². The lowest BCUT2D eigenvalue weighted by atomic mass is 10.0. The molecule has 0 radical (unpaired) electrons. The molecular weight excluding hydrogens is 342 g/mol. The number of hydrogen-bond acceptors (Lipinski definition) is 3. The highest BCUT2D eigenvalue weighted by molar-refractivity contribution is 8.00. The van der Waals surface area contributed by atoms with Crippen molar-refractivity contribution in [2.45, 2.75) is 30.4 Å². The molecule has 0 saturated carbocycles. The van der Waals surface area contributed by atoms with Gasteiger partial charge in [0.1, 0.15) is 0 Å². The van der Waals surface area contributed by atoms with Gasteiger partial charge >= 0.3 is 0 Å². The number of hydrogen-bond donors (Lipinski definition) is 0. The zero-order chi connectivity index (χ0) is 17.3. The molecule has 0 unspecified atom stereocenters. The number of amides is 1. The second-order valence-electron chi connectivity index (χ2n) is 5.82. The predicted molar refractivity (Wildman–Crippen MR) is 99.3 cm³/mol. The van der Waals surface area contributed by atoms with Crippen LogP contribution in [0.5, 0.6) is 0 Å². The number of anilines is 1. The first-order valence-electron chi connectivity index (χ1n) is 7.84. The number of fused-ring (bicyclic) bond motifs is 1. The molecule has 3 nitrogen and oxygen atoms in total. The molecule has 0 fully saturated rings. The number of benzene rings is 2. The first kappa shape index (κ1) is 17.1. The fourth-order valence-corrected chi connectivity index (χ4v) is 4.13. The molecule has 0 spiro atoms. The number of carbonyl (C=O) groups excluding carboxylic acids is 2. The van der Waals surface area contributed by atoms with Crippen LogP contribution in [0, 0.1) is 0 Å². The van der Waals surface area contributed by atoms with Crippen molar-refractivity contribution < 1.29 is 9.59 Å². The summed E-state index contributed by atoms with van der Waals surface area (Å²) in [6.45, 7) is 4.15. The van der Waals surface area contributed by atoms with E-state index in [1.54, 1.807) is 11.8 Å². The maximum absolute atomic E-state index is 12.7. The van der Waals surface area contributed by atoms with Gasteiger partial charge in [0.15, 0.2) is 5.78 Å². The molecule has 124 valence electrons. The highest BCUT2D eigenvalue weighted by Crippen LogP contribution is 2.33. The lowest BCUT2D eigenvalue weighted by Crippen LogP contribution is -2.25. The molecule has 1 aliphatic rings. The third kappa shape index (κ3) is 3.35. The highest BCUT2D eigenvalue weighted by atomic mass is 35.5. The number of rotatable bonds is 4. The standard InChI is InChI=1S/C19H18ClNO2S/c1-12(24-18-6-4-3-5-16(18)20)19(23)15-7-8-17-14(11-15)9-10-21(17)13(2)22/h3-8,11-12H,9-10H2,1-2H3/t12-/m1/s1. The van der Waals surface area contributed by atoms with Gasteiger partial charge in [-0.15, -0.1) is 11.8 Å². The molecule has 0 saturated heterocycles. The monoisotopic (exact) mass is 359 g/mol. The summed E-state index contributed by atoms with van der Waals surface area (Å²) in [6.07, 6.45) is 0.794. The van der Waals surface area contributed by atoms with Gasteiger partial charge in [0.05, 0.1) is 10.3 Å². The minimum absolute atomic E-state index is 0.0375. The largest absolute Gasteiger partial charge is 0.312 e. The fourth-order valence-electron chi connectivity index (χ4n) is 2.90. The minimum Gasteiger partial charge on any atom is -0.312 e. The molecule has 1 aliphatic heterocycles. The number of thioether (sulfide) groups is 1. The average Bonchev–Trinajstić information content (AvgIpc) is 2.99. The molecule has 0 bridgehead atoms. The van der Waals surface area contributed by atoms with Crippen LogP contribution in [0.2, 0.25) is 5.02 Å². The van der Waals surface area contributed by atoms with Gasteiger partial charge in [0, 0.05) is 29.6 Å². The SMILES string of the molecule is CC(=O)N1CCc2cc(C(=O)[C@@H](C)Sc3ccccc3Cl)ccc21. The Kier molecular flexibility index (Phi) is 4.97. The Morgan fingerprint density at radius 1 is 1.21 bits per heavy atom. The quantitative estimate of drug-likeness (QED) is 0.590. The van der Waals surface area contributed by atoms with E-state index in [1.165, 1.54) is 11.8 Å². The van der Waals surface area contributed by atoms with E-state index in [1.807, 2.05) is 49.4 Å². The van der Waals surface area contributed by atoms with E-state index in [-0.39, 0.29) is 16.9 Å². The van der Waals surface area contributed by atoms with Crippen LogP contribution in [0.25, 0.3) is 0 Å². The lowest BCUT2D eigenvalue weighted by Gasteiger charge is -2.15. The predicted octanol–water partition coefficient (Wildman–Crippen LogP) is 4.61. The van der Waals surface area contributed by atoms with E-state index < -0.39 is 0 Å². The molecule has 0 N–H and O–H groups in total. The molecule has 5 heteroatoms. The summed E-state index contributed by atoms with van der Waals surface area (Å²) in [5.74, 6) is 0.111. The van der Waals surface area contributed by atoms with Crippen molar-refractivity contribution in [2.24, 2.45) is 0 Å². The van der Waals surface area contributed by atoms with Gasteiger partial charge in [-0.2, -0.15) is 0 Å². The second-order valence-corrected chi connectivity index (χ2v) is 7.61. The van der Waals surface area contributed by atoms with Gasteiger partial charge in [-0.05, 0) is 49.2 Å². The van der Waals surface area contributed by atoms with Crippen molar-refractivity contribution in [3.8, 4) is 0 Å². The normalized spacial score (nSPS) is 14.4. The summed E-state index contributed by atoms with van der Waals surface area (Å²) in [5, 5.41) is 0.432. The fraction of sp³-hybridized carbons (Fsp3) is 0.263. The van der Waals surface area contributed by atoms with Gasteiger partial charge in [-0.1, -0.05) is 23.7 Å². The van der Waals surface area contributed by atoms with Crippen LogP contribution in [-0.2, 0) is 11.2 Å². The zero-order valence-electron chi connectivity index (χ0n) is 13.6. The van der Waals surface area contributed by atoms with Crippen LogP contribution in [0.4, 0.5) is 5.69 Å². The molecule has 24 heavy (non-hydrogen) atoms. The Morgan fingerprint density at radius 2 is 1.96 bits per heavy atom. The molecule has 2 aromatic rings. The van der Waals surface area contributed by atoms with Gasteiger partial charge in [-0.25, -0.2) is 0 Å². The second kappa shape index (κ2) is 6.99. The summed E-state index contributed by atoms with van der Waals surface area (Å²) >= 11 is 7.64. The Bertz CT molecular complexity index is 806. The number of Topliss-reactive ketones (excluding diaryl/α,β-unsaturated/α-hetero) is 1. The maximum atomic E-state index is 12.7. The third-order valence-electron chi connectivity index (χ3n) is 4.15. The Morgan fingerprint density at radius 3 is 2.67 bits per heavy atom. The summed E-state index contributed by atoms with van der Waals surface area (Å²) in [6, 6.07) is 13.1. The molecule has 2 aromatic carbocycles. The van der Waals surface area contributed by atoms with Crippen LogP contribution in [0.1, 0.15) is 29.8 Å². The van der Waals surface area contributed by atoms with Crippen molar-refractivity contribution in [1.82, 2.24) is 0 Å². The van der Waals surface area contributed by atoms with Crippen molar-refractivity contribution >= 4 is 40.7 Å². The smallest absolute Gasteiger partial charge is 0.223 e. The van der Waals surface area contributed by atoms with Crippen molar-refractivity contribution in [1.29, 1.82) is 0 Å². The summed E-state index contributed by atoms with van der Waals surface area (Å²) < 4.78 is 0. The molecule has 3 rings (SSSR count). The first-order valence-corrected chi connectivity index (χ1v) is 9.09. The maximum Gasteiger partial charge on any atom is 0.223 e. The third-order valence-corrected chi connectivity index (χ3v) is 5.77. The van der Waals surface area contributed by atoms with Gasteiger partial charge in [0.25, 0.3) is 0 Å². The average molecular weight is 360 g/mol. The Balaban J connectivity index is 1.78. The Hall–Kier alpha value is -1.78. The van der Waals surface area contributed by atoms with E-state index in [9.17, 15) is 9.59 Å². The number of carbonyl (C=O) groups is 2. The van der Waals surface area contributed by atoms with Crippen LogP contribution < -0.4 is 4.90 Å². The van der Waals surface area contributed by atoms with Crippen molar-refractivity contribution in [2.75, 3.05) is 11.4 Å². The highest BCUT2D eigenvalue weighted by Gasteiger charge is 2.24. The molecule has 1 heterocycles. The van der Waals surface area contributed by atoms with E-state index in [4.69, 9.17) is 11.6 Å². The summed E-state index contributed by atoms with van der Waals surface area (Å²) in [4.78, 5) is 27.0. The van der Waals surface area contributed by atoms with Crippen molar-refractivity contribution in [3.63, 3.8) is 0 Å². The topological polar surface area (TPSA) is 37.4 Å². The molecule has 0 aliphatic carbocycles. The van der Waals surface area contributed by atoms with Gasteiger partial charge in [0.2, 0.25) is 5.91 Å². The lowest BCUT2D eigenvalue weighted by molar-refractivity contribution is -0.116. The minimum atomic E-state index is -0.228. The summed E-state index contributed by atoms with van der Waals surface area (Å²) in [7, 11) is 0. The van der Waals surface area contributed by atoms with Crippen LogP contribution in [0.15, 0.2) is 47.4 Å². The molecule has 1 atom stereocenters. The number of ketones is 1. The molecule has 1 amide bonds. The van der Waals surface area contributed by atoms with Gasteiger partial charge in [-0.3, -0.25) is 9.59 Å². The zero-order valence-corrected chi connectivity index (χ0v) is 15.2. The van der Waals surface area contributed by atoms with E-state index in [0.29, 0.717) is 17.1 Å². The number of halogens is 1.